The van der Waals surface area contributed by atoms with E-state index in [1.54, 1.807) is 0 Å². The van der Waals surface area contributed by atoms with Gasteiger partial charge in [0.2, 0.25) is 5.91 Å². The molecule has 1 aromatic carbocycles. The van der Waals surface area contributed by atoms with Crippen LogP contribution in [0.15, 0.2) is 22.7 Å². The van der Waals surface area contributed by atoms with Crippen molar-refractivity contribution in [2.75, 3.05) is 30.5 Å². The molecule has 2 aliphatic heterocycles. The molecule has 3 heterocycles. The summed E-state index contributed by atoms with van der Waals surface area (Å²) in [5.74, 6) is 1.05. The SMILES string of the molecule is CC1C(=O)Nc2cc(-c3nc(C4CCC5(CC4)OCCO5)no3)ccc2N1C. The molecule has 1 N–H and O–H groups in total. The molecule has 1 aliphatic carbocycles. The van der Waals surface area contributed by atoms with Crippen molar-refractivity contribution in [3.63, 3.8) is 0 Å². The topological polar surface area (TPSA) is 89.7 Å². The smallest absolute Gasteiger partial charge is 0.258 e. The van der Waals surface area contributed by atoms with Gasteiger partial charge in [0.25, 0.3) is 5.89 Å². The van der Waals surface area contributed by atoms with Gasteiger partial charge in [0, 0.05) is 31.4 Å². The second-order valence-corrected chi connectivity index (χ2v) is 7.85. The highest BCUT2D eigenvalue weighted by atomic mass is 16.7. The molecule has 0 bridgehead atoms. The Kier molecular flexibility index (Phi) is 4.13. The Labute approximate surface area is 163 Å². The highest BCUT2D eigenvalue weighted by molar-refractivity contribution is 6.03. The molecular formula is C20H24N4O4. The van der Waals surface area contributed by atoms with Crippen LogP contribution in [-0.2, 0) is 14.3 Å². The van der Waals surface area contributed by atoms with E-state index in [0.717, 1.165) is 48.4 Å². The van der Waals surface area contributed by atoms with E-state index >= 15 is 0 Å². The monoisotopic (exact) mass is 384 g/mol. The predicted octanol–water partition coefficient (Wildman–Crippen LogP) is 2.91. The lowest BCUT2D eigenvalue weighted by molar-refractivity contribution is -0.179. The number of nitrogens with one attached hydrogen (secondary N) is 1. The minimum atomic E-state index is -0.386. The van der Waals surface area contributed by atoms with Crippen LogP contribution < -0.4 is 10.2 Å². The average molecular weight is 384 g/mol. The fraction of sp³-hybridized carbons (Fsp3) is 0.550. The standard InChI is InChI=1S/C20H24N4O4/c1-12-18(25)21-15-11-14(3-4-16(15)24(12)2)19-22-17(23-28-19)13-5-7-20(8-6-13)26-9-10-27-20/h3-4,11-13H,5-10H2,1-2H3,(H,21,25). The third-order valence-corrected chi connectivity index (χ3v) is 6.21. The van der Waals surface area contributed by atoms with Crippen molar-refractivity contribution in [1.82, 2.24) is 10.1 Å². The number of hydrogen-bond donors (Lipinski definition) is 1. The lowest BCUT2D eigenvalue weighted by Gasteiger charge is -2.34. The second kappa shape index (κ2) is 6.56. The van der Waals surface area contributed by atoms with Crippen molar-refractivity contribution < 1.29 is 18.8 Å². The Morgan fingerprint density at radius 2 is 1.96 bits per heavy atom. The van der Waals surface area contributed by atoms with Crippen LogP contribution in [0.4, 0.5) is 11.4 Å². The number of hydrogen-bond acceptors (Lipinski definition) is 7. The number of amides is 1. The summed E-state index contributed by atoms with van der Waals surface area (Å²) in [5, 5.41) is 7.17. The largest absolute Gasteiger partial charge is 0.361 e. The van der Waals surface area contributed by atoms with E-state index in [2.05, 4.69) is 15.5 Å². The molecule has 148 valence electrons. The molecule has 8 nitrogen and oxygen atoms in total. The van der Waals surface area contributed by atoms with Gasteiger partial charge in [-0.25, -0.2) is 0 Å². The quantitative estimate of drug-likeness (QED) is 0.851. The van der Waals surface area contributed by atoms with Gasteiger partial charge in [-0.3, -0.25) is 4.79 Å². The Balaban J connectivity index is 1.34. The van der Waals surface area contributed by atoms with E-state index in [0.29, 0.717) is 19.1 Å². The van der Waals surface area contributed by atoms with Crippen LogP contribution in [0.2, 0.25) is 0 Å². The maximum absolute atomic E-state index is 12.1. The number of benzene rings is 1. The van der Waals surface area contributed by atoms with Crippen LogP contribution in [0, 0.1) is 0 Å². The predicted molar refractivity (Wildman–Crippen MR) is 102 cm³/mol. The molecule has 1 amide bonds. The molecule has 1 atom stereocenters. The molecule has 28 heavy (non-hydrogen) atoms. The van der Waals surface area contributed by atoms with E-state index in [1.165, 1.54) is 0 Å². The molecule has 2 fully saturated rings. The summed E-state index contributed by atoms with van der Waals surface area (Å²) >= 11 is 0. The zero-order valence-corrected chi connectivity index (χ0v) is 16.1. The zero-order chi connectivity index (χ0) is 19.3. The van der Waals surface area contributed by atoms with E-state index in [1.807, 2.05) is 37.1 Å². The maximum Gasteiger partial charge on any atom is 0.258 e. The Hall–Kier alpha value is -2.45. The summed E-state index contributed by atoms with van der Waals surface area (Å²) < 4.78 is 17.1. The summed E-state index contributed by atoms with van der Waals surface area (Å²) in [5.41, 5.74) is 2.54. The zero-order valence-electron chi connectivity index (χ0n) is 16.1. The second-order valence-electron chi connectivity index (χ2n) is 7.85. The third kappa shape index (κ3) is 2.87. The van der Waals surface area contributed by atoms with E-state index in [4.69, 9.17) is 14.0 Å². The van der Waals surface area contributed by atoms with E-state index in [9.17, 15) is 4.79 Å². The van der Waals surface area contributed by atoms with Crippen molar-refractivity contribution in [2.24, 2.45) is 0 Å². The molecule has 1 aromatic heterocycles. The molecule has 5 rings (SSSR count). The van der Waals surface area contributed by atoms with Gasteiger partial charge < -0.3 is 24.2 Å². The number of rotatable bonds is 2. The van der Waals surface area contributed by atoms with Crippen molar-refractivity contribution in [2.45, 2.75) is 50.4 Å². The molecule has 0 radical (unpaired) electrons. The number of fused-ring (bicyclic) bond motifs is 1. The minimum Gasteiger partial charge on any atom is -0.361 e. The third-order valence-electron chi connectivity index (χ3n) is 6.21. The number of carbonyl (C=O) groups is 1. The number of carbonyl (C=O) groups excluding carboxylic acids is 1. The van der Waals surface area contributed by atoms with Crippen LogP contribution in [-0.4, -0.2) is 48.1 Å². The van der Waals surface area contributed by atoms with E-state index < -0.39 is 0 Å². The van der Waals surface area contributed by atoms with E-state index in [-0.39, 0.29) is 23.7 Å². The first-order chi connectivity index (χ1) is 13.5. The summed E-state index contributed by atoms with van der Waals surface area (Å²) in [6.07, 6.45) is 3.55. The number of anilines is 2. The Morgan fingerprint density at radius 3 is 2.71 bits per heavy atom. The molecule has 2 aromatic rings. The number of nitrogens with zero attached hydrogens (tertiary/aromatic N) is 3. The molecule has 8 heteroatoms. The molecule has 3 aliphatic rings. The molecule has 1 saturated heterocycles. The van der Waals surface area contributed by atoms with Crippen LogP contribution in [0.1, 0.15) is 44.3 Å². The summed E-state index contributed by atoms with van der Waals surface area (Å²) in [4.78, 5) is 18.7. The number of aromatic nitrogens is 2. The fourth-order valence-corrected chi connectivity index (χ4v) is 4.32. The Morgan fingerprint density at radius 1 is 1.21 bits per heavy atom. The van der Waals surface area contributed by atoms with Gasteiger partial charge in [-0.15, -0.1) is 0 Å². The van der Waals surface area contributed by atoms with Crippen LogP contribution in [0.5, 0.6) is 0 Å². The molecular weight excluding hydrogens is 360 g/mol. The van der Waals surface area contributed by atoms with Crippen molar-refractivity contribution in [3.8, 4) is 11.5 Å². The van der Waals surface area contributed by atoms with Gasteiger partial charge in [0.15, 0.2) is 11.6 Å². The molecule has 1 spiro atoms. The van der Waals surface area contributed by atoms with Gasteiger partial charge in [0.05, 0.1) is 24.6 Å². The van der Waals surface area contributed by atoms with Crippen molar-refractivity contribution >= 4 is 17.3 Å². The van der Waals surface area contributed by atoms with Crippen LogP contribution in [0.3, 0.4) is 0 Å². The van der Waals surface area contributed by atoms with Crippen molar-refractivity contribution in [1.29, 1.82) is 0 Å². The number of ether oxygens (including phenoxy) is 2. The lowest BCUT2D eigenvalue weighted by atomic mass is 9.84. The van der Waals surface area contributed by atoms with Gasteiger partial charge in [-0.2, -0.15) is 4.98 Å². The summed E-state index contributed by atoms with van der Waals surface area (Å²) in [6, 6.07) is 5.62. The highest BCUT2D eigenvalue weighted by Crippen LogP contribution is 2.42. The van der Waals surface area contributed by atoms with Gasteiger partial charge in [-0.1, -0.05) is 5.16 Å². The van der Waals surface area contributed by atoms with Gasteiger partial charge >= 0.3 is 0 Å². The Bertz CT molecular complexity index is 895. The highest BCUT2D eigenvalue weighted by Gasteiger charge is 2.41. The molecule has 1 saturated carbocycles. The van der Waals surface area contributed by atoms with Gasteiger partial charge in [0.1, 0.15) is 6.04 Å². The van der Waals surface area contributed by atoms with Crippen molar-refractivity contribution in [3.05, 3.63) is 24.0 Å². The average Bonchev–Trinajstić information content (AvgIpc) is 3.37. The number of likely N-dealkylation sites (N-methyl/N-ethyl adjacent to an activating group) is 1. The van der Waals surface area contributed by atoms with Gasteiger partial charge in [-0.05, 0) is 38.0 Å². The lowest BCUT2D eigenvalue weighted by Crippen LogP contribution is -2.43. The maximum atomic E-state index is 12.1. The first kappa shape index (κ1) is 17.6. The van der Waals surface area contributed by atoms with Crippen LogP contribution in [0.25, 0.3) is 11.5 Å². The summed E-state index contributed by atoms with van der Waals surface area (Å²) in [7, 11) is 1.92. The fourth-order valence-electron chi connectivity index (χ4n) is 4.32. The van der Waals surface area contributed by atoms with Crippen LogP contribution >= 0.6 is 0 Å². The minimum absolute atomic E-state index is 0.0224. The summed E-state index contributed by atoms with van der Waals surface area (Å²) in [6.45, 7) is 3.24. The molecule has 1 unspecified atom stereocenters. The first-order valence-electron chi connectivity index (χ1n) is 9.84. The first-order valence-corrected chi connectivity index (χ1v) is 9.84. The normalized spacial score (nSPS) is 24.4.